The molecule has 0 saturated carbocycles. The average Bonchev–Trinajstić information content (AvgIpc) is 2.41. The minimum atomic E-state index is -3.94. The van der Waals surface area contributed by atoms with Crippen LogP contribution in [0.15, 0.2) is 23.1 Å². The zero-order chi connectivity index (χ0) is 14.9. The molecule has 0 spiro atoms. The molecule has 0 unspecified atom stereocenters. The van der Waals surface area contributed by atoms with Gasteiger partial charge in [0.2, 0.25) is 10.0 Å². The van der Waals surface area contributed by atoms with Crippen molar-refractivity contribution in [1.82, 2.24) is 4.31 Å². The first-order valence-electron chi connectivity index (χ1n) is 5.98. The number of aliphatic carboxylic acids is 1. The van der Waals surface area contributed by atoms with Crippen LogP contribution in [-0.2, 0) is 14.8 Å². The SMILES string of the molecule is O=C([O-])C1CCN(S(=O)(=O)c2ccc(F)c(F)c2)CC1. The van der Waals surface area contributed by atoms with E-state index >= 15 is 0 Å². The van der Waals surface area contributed by atoms with Crippen LogP contribution in [-0.4, -0.2) is 31.8 Å². The Morgan fingerprint density at radius 3 is 2.30 bits per heavy atom. The van der Waals surface area contributed by atoms with Gasteiger partial charge in [-0.15, -0.1) is 0 Å². The Morgan fingerprint density at radius 2 is 1.80 bits per heavy atom. The lowest BCUT2D eigenvalue weighted by Crippen LogP contribution is -2.43. The lowest BCUT2D eigenvalue weighted by Gasteiger charge is -2.31. The molecule has 0 aromatic heterocycles. The second kappa shape index (κ2) is 5.45. The van der Waals surface area contributed by atoms with Crippen molar-refractivity contribution in [3.05, 3.63) is 29.8 Å². The second-order valence-electron chi connectivity index (χ2n) is 4.57. The molecule has 2 rings (SSSR count). The van der Waals surface area contributed by atoms with Crippen molar-refractivity contribution in [3.63, 3.8) is 0 Å². The normalized spacial score (nSPS) is 18.1. The summed E-state index contributed by atoms with van der Waals surface area (Å²) in [6.45, 7) is 0.0277. The lowest BCUT2D eigenvalue weighted by atomic mass is 9.99. The van der Waals surface area contributed by atoms with Crippen LogP contribution in [0.25, 0.3) is 0 Å². The molecule has 0 N–H and O–H groups in total. The first-order valence-corrected chi connectivity index (χ1v) is 7.42. The standard InChI is InChI=1S/C12H13F2NO4S/c13-10-2-1-9(7-11(10)14)20(18,19)15-5-3-8(4-6-15)12(16)17/h1-2,7-8H,3-6H2,(H,16,17)/p-1. The molecule has 1 aliphatic rings. The number of benzene rings is 1. The number of halogens is 2. The van der Waals surface area contributed by atoms with Crippen LogP contribution in [0.1, 0.15) is 12.8 Å². The summed E-state index contributed by atoms with van der Waals surface area (Å²) in [7, 11) is -3.94. The molecule has 1 aliphatic heterocycles. The number of piperidine rings is 1. The number of carbonyl (C=O) groups excluding carboxylic acids is 1. The molecule has 110 valence electrons. The van der Waals surface area contributed by atoms with E-state index in [0.717, 1.165) is 16.4 Å². The fraction of sp³-hybridized carbons (Fsp3) is 0.417. The van der Waals surface area contributed by atoms with Crippen molar-refractivity contribution < 1.29 is 27.1 Å². The first kappa shape index (κ1) is 14.9. The minimum absolute atomic E-state index is 0.0139. The van der Waals surface area contributed by atoms with E-state index in [0.29, 0.717) is 6.07 Å². The molecule has 20 heavy (non-hydrogen) atoms. The van der Waals surface area contributed by atoms with Crippen molar-refractivity contribution in [2.24, 2.45) is 5.92 Å². The highest BCUT2D eigenvalue weighted by atomic mass is 32.2. The topological polar surface area (TPSA) is 77.5 Å². The predicted molar refractivity (Wildman–Crippen MR) is 62.8 cm³/mol. The van der Waals surface area contributed by atoms with Crippen molar-refractivity contribution >= 4 is 16.0 Å². The number of rotatable bonds is 3. The van der Waals surface area contributed by atoms with Crippen LogP contribution in [0.5, 0.6) is 0 Å². The molecule has 0 aliphatic carbocycles. The molecule has 5 nitrogen and oxygen atoms in total. The molecular formula is C12H12F2NO4S-. The monoisotopic (exact) mass is 304 g/mol. The number of carboxylic acid groups (broad SMARTS) is 1. The molecule has 1 fully saturated rings. The molecule has 0 radical (unpaired) electrons. The van der Waals surface area contributed by atoms with Gasteiger partial charge in [0, 0.05) is 25.0 Å². The number of nitrogens with zero attached hydrogens (tertiary/aromatic N) is 1. The molecule has 8 heteroatoms. The maximum absolute atomic E-state index is 13.1. The van der Waals surface area contributed by atoms with Gasteiger partial charge in [0.25, 0.3) is 0 Å². The van der Waals surface area contributed by atoms with E-state index in [-0.39, 0.29) is 30.8 Å². The Balaban J connectivity index is 2.19. The van der Waals surface area contributed by atoms with E-state index < -0.39 is 33.5 Å². The lowest BCUT2D eigenvalue weighted by molar-refractivity contribution is -0.312. The van der Waals surface area contributed by atoms with Crippen LogP contribution in [0.4, 0.5) is 8.78 Å². The van der Waals surface area contributed by atoms with E-state index in [9.17, 15) is 27.1 Å². The maximum atomic E-state index is 13.1. The van der Waals surface area contributed by atoms with E-state index in [1.54, 1.807) is 0 Å². The van der Waals surface area contributed by atoms with Gasteiger partial charge in [0.15, 0.2) is 11.6 Å². The van der Waals surface area contributed by atoms with Gasteiger partial charge in [-0.05, 0) is 31.0 Å². The summed E-state index contributed by atoms with van der Waals surface area (Å²) < 4.78 is 51.4. The van der Waals surface area contributed by atoms with E-state index in [2.05, 4.69) is 0 Å². The molecule has 0 amide bonds. The van der Waals surface area contributed by atoms with E-state index in [1.807, 2.05) is 0 Å². The second-order valence-corrected chi connectivity index (χ2v) is 6.51. The van der Waals surface area contributed by atoms with Gasteiger partial charge >= 0.3 is 0 Å². The minimum Gasteiger partial charge on any atom is -0.550 e. The smallest absolute Gasteiger partial charge is 0.243 e. The Labute approximate surface area is 114 Å². The van der Waals surface area contributed by atoms with Gasteiger partial charge in [0.1, 0.15) is 0 Å². The Kier molecular flexibility index (Phi) is 4.05. The van der Waals surface area contributed by atoms with Crippen molar-refractivity contribution in [2.75, 3.05) is 13.1 Å². The van der Waals surface area contributed by atoms with Crippen molar-refractivity contribution in [2.45, 2.75) is 17.7 Å². The molecule has 1 saturated heterocycles. The summed E-state index contributed by atoms with van der Waals surface area (Å²) in [6.07, 6.45) is 0.288. The molecule has 1 aromatic rings. The summed E-state index contributed by atoms with van der Waals surface area (Å²) in [5.74, 6) is -4.24. The van der Waals surface area contributed by atoms with Crippen molar-refractivity contribution in [1.29, 1.82) is 0 Å². The number of carbonyl (C=O) groups is 1. The van der Waals surface area contributed by atoms with Crippen LogP contribution in [0.2, 0.25) is 0 Å². The third-order valence-electron chi connectivity index (χ3n) is 3.32. The van der Waals surface area contributed by atoms with Gasteiger partial charge in [-0.25, -0.2) is 17.2 Å². The largest absolute Gasteiger partial charge is 0.550 e. The molecule has 0 bridgehead atoms. The fourth-order valence-electron chi connectivity index (χ4n) is 2.12. The predicted octanol–water partition coefficient (Wildman–Crippen LogP) is 0.115. The highest BCUT2D eigenvalue weighted by molar-refractivity contribution is 7.89. The third-order valence-corrected chi connectivity index (χ3v) is 5.21. The maximum Gasteiger partial charge on any atom is 0.243 e. The van der Waals surface area contributed by atoms with Crippen molar-refractivity contribution in [3.8, 4) is 0 Å². The Morgan fingerprint density at radius 1 is 1.20 bits per heavy atom. The summed E-state index contributed by atoms with van der Waals surface area (Å²) in [5.41, 5.74) is 0. The summed E-state index contributed by atoms with van der Waals surface area (Å²) >= 11 is 0. The van der Waals surface area contributed by atoms with Gasteiger partial charge in [-0.1, -0.05) is 0 Å². The highest BCUT2D eigenvalue weighted by Gasteiger charge is 2.30. The zero-order valence-electron chi connectivity index (χ0n) is 10.4. The first-order chi connectivity index (χ1) is 9.32. The van der Waals surface area contributed by atoms with Gasteiger partial charge in [-0.2, -0.15) is 4.31 Å². The van der Waals surface area contributed by atoms with Crippen LogP contribution >= 0.6 is 0 Å². The van der Waals surface area contributed by atoms with Gasteiger partial charge in [0.05, 0.1) is 4.90 Å². The average molecular weight is 304 g/mol. The summed E-state index contributed by atoms with van der Waals surface area (Å²) in [5, 5.41) is 10.7. The molecule has 0 atom stereocenters. The molecular weight excluding hydrogens is 292 g/mol. The summed E-state index contributed by atoms with van der Waals surface area (Å²) in [4.78, 5) is 10.3. The molecule has 1 heterocycles. The number of hydrogen-bond donors (Lipinski definition) is 0. The Bertz CT molecular complexity index is 624. The number of hydrogen-bond acceptors (Lipinski definition) is 4. The zero-order valence-corrected chi connectivity index (χ0v) is 11.2. The fourth-order valence-corrected chi connectivity index (χ4v) is 3.60. The van der Waals surface area contributed by atoms with E-state index in [1.165, 1.54) is 0 Å². The Hall–Kier alpha value is -1.54. The van der Waals surface area contributed by atoms with Crippen LogP contribution < -0.4 is 5.11 Å². The summed E-state index contributed by atoms with van der Waals surface area (Å²) in [6, 6.07) is 2.35. The van der Waals surface area contributed by atoms with Crippen LogP contribution in [0, 0.1) is 17.6 Å². The third kappa shape index (κ3) is 2.80. The van der Waals surface area contributed by atoms with Crippen LogP contribution in [0.3, 0.4) is 0 Å². The van der Waals surface area contributed by atoms with E-state index in [4.69, 9.17) is 0 Å². The number of sulfonamides is 1. The number of carboxylic acids is 1. The highest BCUT2D eigenvalue weighted by Crippen LogP contribution is 2.24. The van der Waals surface area contributed by atoms with Gasteiger partial charge < -0.3 is 9.90 Å². The molecule has 1 aromatic carbocycles. The van der Waals surface area contributed by atoms with Gasteiger partial charge in [-0.3, -0.25) is 0 Å². The quantitative estimate of drug-likeness (QED) is 0.794.